The minimum absolute atomic E-state index is 0. The number of nitrogens with zero attached hydrogens (tertiary/aromatic N) is 2. The lowest BCUT2D eigenvalue weighted by Gasteiger charge is -2.13. The van der Waals surface area contributed by atoms with Crippen molar-refractivity contribution in [2.45, 2.75) is 13.3 Å². The molecule has 0 amide bonds. The van der Waals surface area contributed by atoms with E-state index in [0.717, 1.165) is 51.2 Å². The summed E-state index contributed by atoms with van der Waals surface area (Å²) in [6.45, 7) is 2.13. The van der Waals surface area contributed by atoms with Gasteiger partial charge in [0.2, 0.25) is 0 Å². The van der Waals surface area contributed by atoms with Crippen LogP contribution in [0.4, 0.5) is 11.4 Å². The van der Waals surface area contributed by atoms with E-state index in [0.29, 0.717) is 0 Å². The molecule has 0 unspecified atom stereocenters. The fourth-order valence-corrected chi connectivity index (χ4v) is 2.91. The highest BCUT2D eigenvalue weighted by Gasteiger charge is 2.11. The van der Waals surface area contributed by atoms with Crippen LogP contribution < -0.4 is 10.1 Å². The molecule has 0 fully saturated rings. The van der Waals surface area contributed by atoms with E-state index in [-0.39, 0.29) is 12.4 Å². The van der Waals surface area contributed by atoms with Crippen LogP contribution in [0.25, 0.3) is 21.9 Å². The highest BCUT2D eigenvalue weighted by molar-refractivity contribution is 6.10. The van der Waals surface area contributed by atoms with Gasteiger partial charge in [0.15, 0.2) is 0 Å². The van der Waals surface area contributed by atoms with Crippen LogP contribution in [-0.2, 0) is 6.42 Å². The van der Waals surface area contributed by atoms with Gasteiger partial charge in [-0.1, -0.05) is 6.92 Å². The third-order valence-electron chi connectivity index (χ3n) is 4.17. The molecule has 25 heavy (non-hydrogen) atoms. The third-order valence-corrected chi connectivity index (χ3v) is 4.17. The lowest BCUT2D eigenvalue weighted by molar-refractivity contribution is 0.415. The Hall–Kier alpha value is -2.79. The van der Waals surface area contributed by atoms with Crippen molar-refractivity contribution in [2.24, 2.45) is 0 Å². The molecule has 5 nitrogen and oxygen atoms in total. The van der Waals surface area contributed by atoms with E-state index >= 15 is 0 Å². The van der Waals surface area contributed by atoms with Crippen LogP contribution in [0.15, 0.2) is 48.8 Å². The second kappa shape index (κ2) is 6.99. The van der Waals surface area contributed by atoms with Crippen LogP contribution in [0.3, 0.4) is 0 Å². The zero-order valence-corrected chi connectivity index (χ0v) is 14.9. The second-order valence-electron chi connectivity index (χ2n) is 5.64. The van der Waals surface area contributed by atoms with Crippen LogP contribution in [0.5, 0.6) is 5.75 Å². The molecule has 0 bridgehead atoms. The maximum atomic E-state index is 5.22. The summed E-state index contributed by atoms with van der Waals surface area (Å²) in [5.41, 5.74) is 6.05. The normalized spacial score (nSPS) is 10.6. The standard InChI is InChI=1S/C19H18N4O.ClH/c1-3-12-10-17(23-13-4-6-14(24-2)7-5-13)18-15(22-12)8-9-16-19(18)21-11-20-16;/h4-11,22-23H,3H2,1-2H3;1H. The Bertz CT molecular complexity index is 1010. The van der Waals surface area contributed by atoms with E-state index in [1.807, 2.05) is 30.3 Å². The number of aryl methyl sites for hydroxylation is 1. The molecule has 0 radical (unpaired) electrons. The van der Waals surface area contributed by atoms with Gasteiger partial charge in [-0.3, -0.25) is 0 Å². The predicted molar refractivity (Wildman–Crippen MR) is 104 cm³/mol. The number of anilines is 2. The average Bonchev–Trinajstić information content (AvgIpc) is 3.10. The fraction of sp³-hybridized carbons (Fsp3) is 0.158. The Morgan fingerprint density at radius 3 is 2.60 bits per heavy atom. The molecule has 0 spiro atoms. The lowest BCUT2D eigenvalue weighted by Crippen LogP contribution is -1.97. The van der Waals surface area contributed by atoms with Gasteiger partial charge in [-0.15, -0.1) is 12.4 Å². The van der Waals surface area contributed by atoms with Crippen LogP contribution in [0, 0.1) is 0 Å². The number of pyridine rings is 1. The first-order chi connectivity index (χ1) is 11.8. The smallest absolute Gasteiger partial charge is 0.119 e. The van der Waals surface area contributed by atoms with E-state index in [4.69, 9.17) is 4.74 Å². The third kappa shape index (κ3) is 3.10. The molecule has 0 aliphatic carbocycles. The van der Waals surface area contributed by atoms with Crippen LogP contribution >= 0.6 is 12.4 Å². The molecule has 0 atom stereocenters. The first-order valence-corrected chi connectivity index (χ1v) is 7.95. The molecule has 0 saturated carbocycles. The van der Waals surface area contributed by atoms with Crippen LogP contribution in [0.1, 0.15) is 12.6 Å². The van der Waals surface area contributed by atoms with Crippen LogP contribution in [0.2, 0.25) is 0 Å². The van der Waals surface area contributed by atoms with Crippen molar-refractivity contribution in [3.63, 3.8) is 0 Å². The zero-order valence-electron chi connectivity index (χ0n) is 14.0. The molecule has 0 aliphatic rings. The summed E-state index contributed by atoms with van der Waals surface area (Å²) in [4.78, 5) is 12.2. The number of fused-ring (bicyclic) bond motifs is 3. The molecule has 2 N–H and O–H groups in total. The van der Waals surface area contributed by atoms with Gasteiger partial charge in [0, 0.05) is 22.3 Å². The predicted octanol–water partition coefficient (Wildman–Crippen LogP) is 4.85. The number of H-pyrrole nitrogens is 1. The number of ether oxygens (including phenoxy) is 1. The number of halogens is 1. The second-order valence-corrected chi connectivity index (χ2v) is 5.64. The molecule has 2 aromatic carbocycles. The van der Waals surface area contributed by atoms with Gasteiger partial charge >= 0.3 is 0 Å². The summed E-state index contributed by atoms with van der Waals surface area (Å²) in [7, 11) is 1.67. The molecule has 0 saturated heterocycles. The molecular weight excluding hydrogens is 336 g/mol. The topological polar surface area (TPSA) is 62.8 Å². The number of hydrogen-bond donors (Lipinski definition) is 2. The van der Waals surface area contributed by atoms with Gasteiger partial charge in [-0.2, -0.15) is 0 Å². The first kappa shape index (κ1) is 17.0. The van der Waals surface area contributed by atoms with Gasteiger partial charge in [-0.25, -0.2) is 9.97 Å². The van der Waals surface area contributed by atoms with Gasteiger partial charge in [-0.05, 0) is 48.9 Å². The van der Waals surface area contributed by atoms with E-state index in [1.54, 1.807) is 13.4 Å². The van der Waals surface area contributed by atoms with Crippen molar-refractivity contribution in [1.29, 1.82) is 0 Å². The minimum Gasteiger partial charge on any atom is -0.497 e. The summed E-state index contributed by atoms with van der Waals surface area (Å²) in [6.07, 6.45) is 2.53. The molecule has 2 aromatic heterocycles. The first-order valence-electron chi connectivity index (χ1n) is 7.95. The highest BCUT2D eigenvalue weighted by atomic mass is 35.5. The number of aromatic nitrogens is 3. The van der Waals surface area contributed by atoms with Crippen molar-refractivity contribution in [2.75, 3.05) is 12.4 Å². The van der Waals surface area contributed by atoms with Crippen molar-refractivity contribution in [1.82, 2.24) is 15.0 Å². The maximum absolute atomic E-state index is 5.22. The van der Waals surface area contributed by atoms with Crippen molar-refractivity contribution in [3.8, 4) is 5.75 Å². The Labute approximate surface area is 151 Å². The molecule has 4 rings (SSSR count). The SMILES string of the molecule is CCc1cc(Nc2ccc(OC)cc2)c2c(ccc3ncnc32)[nH]1.Cl. The number of benzene rings is 2. The summed E-state index contributed by atoms with van der Waals surface area (Å²) in [5.74, 6) is 0.838. The number of aromatic amines is 1. The van der Waals surface area contributed by atoms with E-state index in [2.05, 4.69) is 39.3 Å². The largest absolute Gasteiger partial charge is 0.497 e. The molecule has 6 heteroatoms. The minimum atomic E-state index is 0. The number of hydrogen-bond acceptors (Lipinski definition) is 4. The number of rotatable bonds is 4. The van der Waals surface area contributed by atoms with Crippen molar-refractivity contribution < 1.29 is 4.74 Å². The van der Waals surface area contributed by atoms with E-state index in [9.17, 15) is 0 Å². The van der Waals surface area contributed by atoms with Gasteiger partial charge in [0.1, 0.15) is 17.6 Å². The fourth-order valence-electron chi connectivity index (χ4n) is 2.91. The average molecular weight is 355 g/mol. The van der Waals surface area contributed by atoms with Crippen molar-refractivity contribution in [3.05, 3.63) is 54.5 Å². The Morgan fingerprint density at radius 1 is 1.08 bits per heavy atom. The van der Waals surface area contributed by atoms with Crippen molar-refractivity contribution >= 4 is 45.7 Å². The monoisotopic (exact) mass is 354 g/mol. The van der Waals surface area contributed by atoms with Gasteiger partial charge in [0.25, 0.3) is 0 Å². The number of nitrogens with one attached hydrogen (secondary N) is 2. The maximum Gasteiger partial charge on any atom is 0.119 e. The number of methoxy groups -OCH3 is 1. The van der Waals surface area contributed by atoms with E-state index in [1.165, 1.54) is 0 Å². The van der Waals surface area contributed by atoms with Crippen LogP contribution in [-0.4, -0.2) is 22.1 Å². The zero-order chi connectivity index (χ0) is 16.5. The molecule has 4 aromatic rings. The summed E-state index contributed by atoms with van der Waals surface area (Å²) >= 11 is 0. The summed E-state index contributed by atoms with van der Waals surface area (Å²) < 4.78 is 5.22. The lowest BCUT2D eigenvalue weighted by atomic mass is 10.1. The van der Waals surface area contributed by atoms with Gasteiger partial charge < -0.3 is 15.0 Å². The van der Waals surface area contributed by atoms with E-state index < -0.39 is 0 Å². The Kier molecular flexibility index (Phi) is 4.76. The molecule has 0 aliphatic heterocycles. The summed E-state index contributed by atoms with van der Waals surface area (Å²) in [5, 5.41) is 4.57. The quantitative estimate of drug-likeness (QED) is 0.550. The highest BCUT2D eigenvalue weighted by Crippen LogP contribution is 2.32. The Morgan fingerprint density at radius 2 is 1.88 bits per heavy atom. The molecular formula is C19H19ClN4O. The molecule has 2 heterocycles. The molecule has 128 valence electrons. The Balaban J connectivity index is 0.00000182. The van der Waals surface area contributed by atoms with Gasteiger partial charge in [0.05, 0.1) is 18.3 Å². The number of imidazole rings is 1. The summed E-state index contributed by atoms with van der Waals surface area (Å²) in [6, 6.07) is 14.1.